The number of allylic oxidation sites excluding steroid dienone is 1. The number of benzene rings is 2. The van der Waals surface area contributed by atoms with E-state index in [2.05, 4.69) is 20.8 Å². The van der Waals surface area contributed by atoms with Crippen LogP contribution in [0.15, 0.2) is 59.7 Å². The van der Waals surface area contributed by atoms with Crippen molar-refractivity contribution in [2.24, 2.45) is 5.10 Å². The number of fused-ring (bicyclic) bond motifs is 1. The molecule has 0 aliphatic carbocycles. The number of carbonyl (C=O) groups excluding carboxylic acids is 1. The molecule has 26 heavy (non-hydrogen) atoms. The molecule has 3 aromatic rings. The van der Waals surface area contributed by atoms with Crippen LogP contribution < -0.4 is 15.5 Å². The molecule has 3 rings (SSSR count). The second-order valence-electron chi connectivity index (χ2n) is 5.25. The maximum Gasteiger partial charge on any atom is 0.259 e. The molecule has 0 bridgehead atoms. The van der Waals surface area contributed by atoms with Gasteiger partial charge >= 0.3 is 0 Å². The van der Waals surface area contributed by atoms with Gasteiger partial charge in [-0.05, 0) is 30.4 Å². The number of anilines is 1. The van der Waals surface area contributed by atoms with Crippen molar-refractivity contribution in [1.82, 2.24) is 10.4 Å². The highest BCUT2D eigenvalue weighted by molar-refractivity contribution is 7.22. The first-order valence-electron chi connectivity index (χ1n) is 7.97. The minimum atomic E-state index is -0.244. The van der Waals surface area contributed by atoms with E-state index in [4.69, 9.17) is 4.74 Å². The SMILES string of the molecule is COc1ccccc1/C=C/C=N\NC(=O)CNc1nc2ccccc2s1. The van der Waals surface area contributed by atoms with Crippen LogP contribution in [0.5, 0.6) is 5.75 Å². The maximum atomic E-state index is 11.8. The number of nitrogens with one attached hydrogen (secondary N) is 2. The topological polar surface area (TPSA) is 75.6 Å². The van der Waals surface area contributed by atoms with Gasteiger partial charge in [-0.15, -0.1) is 0 Å². The number of amides is 1. The standard InChI is InChI=1S/C19H18N4O2S/c1-25-16-10-4-2-7-14(16)8-6-12-21-23-18(24)13-20-19-22-15-9-3-5-11-17(15)26-19/h2-12H,13H2,1H3,(H,20,22)(H,23,24)/b8-6+,21-12-. The first-order chi connectivity index (χ1) is 12.8. The number of rotatable bonds is 7. The van der Waals surface area contributed by atoms with Crippen LogP contribution in [0.25, 0.3) is 16.3 Å². The molecule has 2 aromatic carbocycles. The second kappa shape index (κ2) is 8.77. The van der Waals surface area contributed by atoms with Crippen LogP contribution in [0.3, 0.4) is 0 Å². The van der Waals surface area contributed by atoms with Gasteiger partial charge in [-0.1, -0.05) is 41.7 Å². The summed E-state index contributed by atoms with van der Waals surface area (Å²) in [4.78, 5) is 16.2. The number of para-hydroxylation sites is 2. The van der Waals surface area contributed by atoms with Gasteiger partial charge in [0.25, 0.3) is 5.91 Å². The maximum absolute atomic E-state index is 11.8. The molecule has 0 spiro atoms. The number of hydrazone groups is 1. The van der Waals surface area contributed by atoms with E-state index in [1.807, 2.05) is 54.6 Å². The Balaban J connectivity index is 1.46. The smallest absolute Gasteiger partial charge is 0.259 e. The number of aromatic nitrogens is 1. The van der Waals surface area contributed by atoms with E-state index in [-0.39, 0.29) is 12.5 Å². The molecule has 6 nitrogen and oxygen atoms in total. The van der Waals surface area contributed by atoms with Gasteiger partial charge in [-0.3, -0.25) is 4.79 Å². The molecule has 2 N–H and O–H groups in total. The zero-order chi connectivity index (χ0) is 18.2. The summed E-state index contributed by atoms with van der Waals surface area (Å²) in [6.45, 7) is 0.105. The highest BCUT2D eigenvalue weighted by atomic mass is 32.1. The fourth-order valence-corrected chi connectivity index (χ4v) is 3.11. The molecule has 0 fully saturated rings. The molecule has 0 aliphatic heterocycles. The summed E-state index contributed by atoms with van der Waals surface area (Å²) in [6, 6.07) is 15.5. The quantitative estimate of drug-likeness (QED) is 0.495. The molecule has 0 saturated heterocycles. The summed E-state index contributed by atoms with van der Waals surface area (Å²) in [5.41, 5.74) is 4.32. The molecule has 0 aliphatic rings. The van der Waals surface area contributed by atoms with Crippen LogP contribution in [0, 0.1) is 0 Å². The molecule has 0 atom stereocenters. The predicted octanol–water partition coefficient (Wildman–Crippen LogP) is 3.53. The zero-order valence-electron chi connectivity index (χ0n) is 14.2. The number of nitrogens with zero attached hydrogens (tertiary/aromatic N) is 2. The third-order valence-corrected chi connectivity index (χ3v) is 4.45. The van der Waals surface area contributed by atoms with Crippen LogP contribution in [0.4, 0.5) is 5.13 Å². The molecule has 0 saturated carbocycles. The Hall–Kier alpha value is -3.19. The molecule has 1 heterocycles. The van der Waals surface area contributed by atoms with Gasteiger partial charge in [0.15, 0.2) is 5.13 Å². The number of methoxy groups -OCH3 is 1. The summed E-state index contributed by atoms with van der Waals surface area (Å²) < 4.78 is 6.34. The van der Waals surface area contributed by atoms with E-state index in [9.17, 15) is 4.79 Å². The normalized spacial score (nSPS) is 11.3. The molecule has 132 valence electrons. The summed E-state index contributed by atoms with van der Waals surface area (Å²) in [7, 11) is 1.62. The van der Waals surface area contributed by atoms with Crippen molar-refractivity contribution in [3.8, 4) is 5.75 Å². The highest BCUT2D eigenvalue weighted by Gasteiger charge is 2.04. The van der Waals surface area contributed by atoms with Gasteiger partial charge in [-0.2, -0.15) is 5.10 Å². The van der Waals surface area contributed by atoms with Gasteiger partial charge in [0.2, 0.25) is 0 Å². The molecule has 1 amide bonds. The predicted molar refractivity (Wildman–Crippen MR) is 107 cm³/mol. The van der Waals surface area contributed by atoms with Crippen LogP contribution in [0.2, 0.25) is 0 Å². The lowest BCUT2D eigenvalue weighted by Gasteiger charge is -2.02. The van der Waals surface area contributed by atoms with E-state index in [1.54, 1.807) is 13.2 Å². The van der Waals surface area contributed by atoms with Crippen LogP contribution >= 0.6 is 11.3 Å². The molecule has 0 unspecified atom stereocenters. The first-order valence-corrected chi connectivity index (χ1v) is 8.79. The van der Waals surface area contributed by atoms with Gasteiger partial charge in [-0.25, -0.2) is 10.4 Å². The second-order valence-corrected chi connectivity index (χ2v) is 6.29. The minimum absolute atomic E-state index is 0.105. The lowest BCUT2D eigenvalue weighted by atomic mass is 10.2. The largest absolute Gasteiger partial charge is 0.496 e. The lowest BCUT2D eigenvalue weighted by molar-refractivity contribution is -0.119. The van der Waals surface area contributed by atoms with Gasteiger partial charge in [0.1, 0.15) is 5.75 Å². The molecular formula is C19H18N4O2S. The van der Waals surface area contributed by atoms with Crippen molar-refractivity contribution in [3.63, 3.8) is 0 Å². The van der Waals surface area contributed by atoms with E-state index in [0.29, 0.717) is 5.13 Å². The van der Waals surface area contributed by atoms with Crippen molar-refractivity contribution in [3.05, 3.63) is 60.2 Å². The average molecular weight is 366 g/mol. The van der Waals surface area contributed by atoms with Crippen molar-refractivity contribution < 1.29 is 9.53 Å². The van der Waals surface area contributed by atoms with E-state index >= 15 is 0 Å². The van der Waals surface area contributed by atoms with Crippen LogP contribution in [-0.2, 0) is 4.79 Å². The zero-order valence-corrected chi connectivity index (χ0v) is 15.0. The average Bonchev–Trinajstić information content (AvgIpc) is 3.09. The summed E-state index contributed by atoms with van der Waals surface area (Å²) in [5.74, 6) is 0.535. The Morgan fingerprint density at radius 2 is 2.04 bits per heavy atom. The van der Waals surface area contributed by atoms with Gasteiger partial charge in [0.05, 0.1) is 23.9 Å². The van der Waals surface area contributed by atoms with E-state index < -0.39 is 0 Å². The monoisotopic (exact) mass is 366 g/mol. The Morgan fingerprint density at radius 1 is 1.23 bits per heavy atom. The molecule has 7 heteroatoms. The van der Waals surface area contributed by atoms with E-state index in [1.165, 1.54) is 17.6 Å². The van der Waals surface area contributed by atoms with Crippen LogP contribution in [0.1, 0.15) is 5.56 Å². The Bertz CT molecular complexity index is 916. The number of hydrogen-bond acceptors (Lipinski definition) is 6. The summed E-state index contributed by atoms with van der Waals surface area (Å²) in [5, 5.41) is 7.60. The fraction of sp³-hybridized carbons (Fsp3) is 0.105. The van der Waals surface area contributed by atoms with Crippen molar-refractivity contribution in [2.45, 2.75) is 0 Å². The number of hydrogen-bond donors (Lipinski definition) is 2. The summed E-state index contributed by atoms with van der Waals surface area (Å²) >= 11 is 1.51. The van der Waals surface area contributed by atoms with Crippen LogP contribution in [-0.4, -0.2) is 30.8 Å². The van der Waals surface area contributed by atoms with E-state index in [0.717, 1.165) is 21.5 Å². The Kier molecular flexibility index (Phi) is 5.95. The van der Waals surface area contributed by atoms with Gasteiger partial charge in [0, 0.05) is 11.8 Å². The number of ether oxygens (including phenoxy) is 1. The fourth-order valence-electron chi connectivity index (χ4n) is 2.25. The van der Waals surface area contributed by atoms with Gasteiger partial charge < -0.3 is 10.1 Å². The highest BCUT2D eigenvalue weighted by Crippen LogP contribution is 2.25. The third kappa shape index (κ3) is 4.67. The minimum Gasteiger partial charge on any atom is -0.496 e. The van der Waals surface area contributed by atoms with Crippen molar-refractivity contribution in [2.75, 3.05) is 19.0 Å². The third-order valence-electron chi connectivity index (χ3n) is 3.46. The Morgan fingerprint density at radius 3 is 2.88 bits per heavy atom. The number of carbonyl (C=O) groups is 1. The molecular weight excluding hydrogens is 348 g/mol. The molecule has 0 radical (unpaired) electrons. The lowest BCUT2D eigenvalue weighted by Crippen LogP contribution is -2.25. The van der Waals surface area contributed by atoms with Crippen molar-refractivity contribution in [1.29, 1.82) is 0 Å². The van der Waals surface area contributed by atoms with Crippen molar-refractivity contribution >= 4 is 44.9 Å². The number of thiazole rings is 1. The first kappa shape index (κ1) is 17.6. The molecule has 1 aromatic heterocycles. The Labute approximate surface area is 155 Å². The summed E-state index contributed by atoms with van der Waals surface area (Å²) in [6.07, 6.45) is 5.11.